The molecule has 2 rings (SSSR count). The molecule has 1 aromatic carbocycles. The SMILES string of the molecule is CCCCc1c[nH]c2cc(O)ccc12. The number of nitrogens with one attached hydrogen (secondary N) is 1. The molecule has 2 heteroatoms. The highest BCUT2D eigenvalue weighted by Crippen LogP contribution is 2.23. The fourth-order valence-electron chi connectivity index (χ4n) is 1.75. The van der Waals surface area contributed by atoms with Crippen LogP contribution in [0.3, 0.4) is 0 Å². The third-order valence-corrected chi connectivity index (χ3v) is 2.55. The second-order valence-corrected chi connectivity index (χ2v) is 3.65. The van der Waals surface area contributed by atoms with Crippen molar-refractivity contribution >= 4 is 10.9 Å². The van der Waals surface area contributed by atoms with Crippen LogP contribution in [0.5, 0.6) is 5.75 Å². The Morgan fingerprint density at radius 1 is 1.36 bits per heavy atom. The minimum absolute atomic E-state index is 0.321. The fraction of sp³-hybridized carbons (Fsp3) is 0.333. The number of aromatic nitrogens is 1. The van der Waals surface area contributed by atoms with Gasteiger partial charge < -0.3 is 10.1 Å². The molecule has 0 fully saturated rings. The minimum atomic E-state index is 0.321. The molecular formula is C12H15NO. The first kappa shape index (κ1) is 9.13. The molecule has 1 aromatic heterocycles. The van der Waals surface area contributed by atoms with Gasteiger partial charge in [0.15, 0.2) is 0 Å². The number of aromatic amines is 1. The standard InChI is InChI=1S/C12H15NO/c1-2-3-4-9-8-13-12-7-10(14)5-6-11(9)12/h5-8,13-14H,2-4H2,1H3. The zero-order valence-corrected chi connectivity index (χ0v) is 8.38. The maximum atomic E-state index is 9.30. The molecule has 0 bridgehead atoms. The van der Waals surface area contributed by atoms with E-state index in [1.165, 1.54) is 23.8 Å². The van der Waals surface area contributed by atoms with E-state index < -0.39 is 0 Å². The number of rotatable bonds is 3. The smallest absolute Gasteiger partial charge is 0.117 e. The van der Waals surface area contributed by atoms with Gasteiger partial charge in [-0.1, -0.05) is 13.3 Å². The van der Waals surface area contributed by atoms with Crippen molar-refractivity contribution in [2.45, 2.75) is 26.2 Å². The van der Waals surface area contributed by atoms with E-state index in [0.717, 1.165) is 11.9 Å². The van der Waals surface area contributed by atoms with Crippen LogP contribution in [0.4, 0.5) is 0 Å². The first-order chi connectivity index (χ1) is 6.81. The molecule has 2 nitrogen and oxygen atoms in total. The molecule has 0 aliphatic carbocycles. The largest absolute Gasteiger partial charge is 0.508 e. The van der Waals surface area contributed by atoms with Gasteiger partial charge in [-0.15, -0.1) is 0 Å². The lowest BCUT2D eigenvalue weighted by molar-refractivity contribution is 0.476. The lowest BCUT2D eigenvalue weighted by Crippen LogP contribution is -1.81. The summed E-state index contributed by atoms with van der Waals surface area (Å²) < 4.78 is 0. The number of benzene rings is 1. The van der Waals surface area contributed by atoms with E-state index >= 15 is 0 Å². The number of aryl methyl sites for hydroxylation is 1. The average molecular weight is 189 g/mol. The highest BCUT2D eigenvalue weighted by atomic mass is 16.3. The summed E-state index contributed by atoms with van der Waals surface area (Å²) in [7, 11) is 0. The lowest BCUT2D eigenvalue weighted by Gasteiger charge is -1.97. The summed E-state index contributed by atoms with van der Waals surface area (Å²) in [6, 6.07) is 5.49. The maximum absolute atomic E-state index is 9.30. The van der Waals surface area contributed by atoms with Crippen LogP contribution in [-0.2, 0) is 6.42 Å². The summed E-state index contributed by atoms with van der Waals surface area (Å²) in [6.07, 6.45) is 5.58. The molecule has 0 amide bonds. The Hall–Kier alpha value is -1.44. The van der Waals surface area contributed by atoms with Crippen LogP contribution >= 0.6 is 0 Å². The number of fused-ring (bicyclic) bond motifs is 1. The first-order valence-corrected chi connectivity index (χ1v) is 5.10. The summed E-state index contributed by atoms with van der Waals surface area (Å²) in [5.74, 6) is 0.321. The van der Waals surface area contributed by atoms with Crippen molar-refractivity contribution in [3.8, 4) is 5.75 Å². The molecule has 0 saturated carbocycles. The predicted octanol–water partition coefficient (Wildman–Crippen LogP) is 3.22. The lowest BCUT2D eigenvalue weighted by atomic mass is 10.1. The van der Waals surface area contributed by atoms with Crippen LogP contribution in [0.25, 0.3) is 10.9 Å². The maximum Gasteiger partial charge on any atom is 0.117 e. The van der Waals surface area contributed by atoms with Gasteiger partial charge in [0.25, 0.3) is 0 Å². The van der Waals surface area contributed by atoms with Crippen molar-refractivity contribution in [2.75, 3.05) is 0 Å². The van der Waals surface area contributed by atoms with Crippen LogP contribution in [0, 0.1) is 0 Å². The van der Waals surface area contributed by atoms with Crippen LogP contribution in [0.1, 0.15) is 25.3 Å². The molecule has 0 unspecified atom stereocenters. The zero-order valence-electron chi connectivity index (χ0n) is 8.38. The summed E-state index contributed by atoms with van der Waals surface area (Å²) >= 11 is 0. The molecule has 0 saturated heterocycles. The summed E-state index contributed by atoms with van der Waals surface area (Å²) in [5, 5.41) is 10.5. The summed E-state index contributed by atoms with van der Waals surface area (Å²) in [6.45, 7) is 2.20. The van der Waals surface area contributed by atoms with E-state index in [0.29, 0.717) is 5.75 Å². The number of unbranched alkanes of at least 4 members (excludes halogenated alkanes) is 1. The molecule has 0 aliphatic heterocycles. The monoisotopic (exact) mass is 189 g/mol. The highest BCUT2D eigenvalue weighted by molar-refractivity contribution is 5.84. The molecule has 0 atom stereocenters. The van der Waals surface area contributed by atoms with Crippen LogP contribution in [0.2, 0.25) is 0 Å². The van der Waals surface area contributed by atoms with Gasteiger partial charge in [-0.25, -0.2) is 0 Å². The minimum Gasteiger partial charge on any atom is -0.508 e. The van der Waals surface area contributed by atoms with Gasteiger partial charge in [0, 0.05) is 23.2 Å². The Morgan fingerprint density at radius 2 is 2.21 bits per heavy atom. The summed E-state index contributed by atoms with van der Waals surface area (Å²) in [4.78, 5) is 3.18. The Morgan fingerprint density at radius 3 is 3.00 bits per heavy atom. The van der Waals surface area contributed by atoms with Gasteiger partial charge in [-0.3, -0.25) is 0 Å². The number of hydrogen-bond donors (Lipinski definition) is 2. The number of hydrogen-bond acceptors (Lipinski definition) is 1. The molecule has 2 aromatic rings. The van der Waals surface area contributed by atoms with Crippen LogP contribution < -0.4 is 0 Å². The Bertz CT molecular complexity index is 431. The van der Waals surface area contributed by atoms with E-state index in [1.807, 2.05) is 12.3 Å². The zero-order chi connectivity index (χ0) is 9.97. The Kier molecular flexibility index (Phi) is 2.44. The average Bonchev–Trinajstić information content (AvgIpc) is 2.57. The van der Waals surface area contributed by atoms with E-state index in [2.05, 4.69) is 11.9 Å². The van der Waals surface area contributed by atoms with Crippen molar-refractivity contribution in [3.63, 3.8) is 0 Å². The molecule has 0 radical (unpaired) electrons. The quantitative estimate of drug-likeness (QED) is 0.764. The molecule has 0 aliphatic rings. The Balaban J connectivity index is 2.37. The number of phenols is 1. The van der Waals surface area contributed by atoms with E-state index in [1.54, 1.807) is 12.1 Å². The van der Waals surface area contributed by atoms with Crippen molar-refractivity contribution in [3.05, 3.63) is 30.0 Å². The second-order valence-electron chi connectivity index (χ2n) is 3.65. The topological polar surface area (TPSA) is 36.0 Å². The predicted molar refractivity (Wildman–Crippen MR) is 58.6 cm³/mol. The van der Waals surface area contributed by atoms with Gasteiger partial charge in [0.1, 0.15) is 5.75 Å². The molecule has 14 heavy (non-hydrogen) atoms. The van der Waals surface area contributed by atoms with Crippen LogP contribution in [0.15, 0.2) is 24.4 Å². The van der Waals surface area contributed by atoms with Gasteiger partial charge in [-0.2, -0.15) is 0 Å². The van der Waals surface area contributed by atoms with Crippen molar-refractivity contribution < 1.29 is 5.11 Å². The van der Waals surface area contributed by atoms with Gasteiger partial charge in [0.05, 0.1) is 0 Å². The highest BCUT2D eigenvalue weighted by Gasteiger charge is 2.03. The molecule has 0 spiro atoms. The van der Waals surface area contributed by atoms with Crippen molar-refractivity contribution in [1.82, 2.24) is 4.98 Å². The first-order valence-electron chi connectivity index (χ1n) is 5.10. The normalized spacial score (nSPS) is 10.9. The van der Waals surface area contributed by atoms with Crippen LogP contribution in [-0.4, -0.2) is 10.1 Å². The molecule has 74 valence electrons. The molecule has 2 N–H and O–H groups in total. The van der Waals surface area contributed by atoms with Crippen molar-refractivity contribution in [2.24, 2.45) is 0 Å². The van der Waals surface area contributed by atoms with Crippen molar-refractivity contribution in [1.29, 1.82) is 0 Å². The summed E-state index contributed by atoms with van der Waals surface area (Å²) in [5.41, 5.74) is 2.37. The number of phenolic OH excluding ortho intramolecular Hbond substituents is 1. The van der Waals surface area contributed by atoms with Gasteiger partial charge in [0.2, 0.25) is 0 Å². The van der Waals surface area contributed by atoms with E-state index in [-0.39, 0.29) is 0 Å². The van der Waals surface area contributed by atoms with E-state index in [9.17, 15) is 5.11 Å². The van der Waals surface area contributed by atoms with Gasteiger partial charge >= 0.3 is 0 Å². The van der Waals surface area contributed by atoms with Gasteiger partial charge in [-0.05, 0) is 30.5 Å². The van der Waals surface area contributed by atoms with E-state index in [4.69, 9.17) is 0 Å². The number of H-pyrrole nitrogens is 1. The second kappa shape index (κ2) is 3.74. The Labute approximate surface area is 83.6 Å². The third-order valence-electron chi connectivity index (χ3n) is 2.55. The third kappa shape index (κ3) is 1.60. The molecular weight excluding hydrogens is 174 g/mol. The number of aromatic hydroxyl groups is 1. The fourth-order valence-corrected chi connectivity index (χ4v) is 1.75. The molecule has 1 heterocycles.